The minimum absolute atomic E-state index is 0.0592. The standard InChI is InChI=1S/C23H27N3O6S/c1-2-22(28)25-19-12-20(15-27)26(14-19)33(30,31)21-10-8-17(9-11-21)13-24-23(29)32-16-18-6-4-3-5-7-18/h2-11,19-20,27H,1,12-16H2,(H,24,29)(H,25,28). The van der Waals surface area contributed by atoms with Crippen molar-refractivity contribution < 1.29 is 27.9 Å². The number of hydrogen-bond donors (Lipinski definition) is 3. The number of nitrogens with zero attached hydrogens (tertiary/aromatic N) is 1. The van der Waals surface area contributed by atoms with Gasteiger partial charge in [-0.15, -0.1) is 0 Å². The van der Waals surface area contributed by atoms with Crippen LogP contribution < -0.4 is 10.6 Å². The van der Waals surface area contributed by atoms with Gasteiger partial charge in [0.25, 0.3) is 0 Å². The molecule has 1 aliphatic rings. The van der Waals surface area contributed by atoms with Gasteiger partial charge in [-0.3, -0.25) is 4.79 Å². The molecule has 2 unspecified atom stereocenters. The fourth-order valence-electron chi connectivity index (χ4n) is 3.57. The lowest BCUT2D eigenvalue weighted by Crippen LogP contribution is -2.39. The summed E-state index contributed by atoms with van der Waals surface area (Å²) in [4.78, 5) is 23.5. The minimum Gasteiger partial charge on any atom is -0.445 e. The average molecular weight is 474 g/mol. The molecule has 3 N–H and O–H groups in total. The molecular weight excluding hydrogens is 446 g/mol. The van der Waals surface area contributed by atoms with Gasteiger partial charge in [0, 0.05) is 19.1 Å². The smallest absolute Gasteiger partial charge is 0.407 e. The number of carbonyl (C=O) groups excluding carboxylic acids is 2. The van der Waals surface area contributed by atoms with Gasteiger partial charge in [-0.25, -0.2) is 13.2 Å². The third-order valence-corrected chi connectivity index (χ3v) is 7.22. The molecule has 2 aromatic rings. The van der Waals surface area contributed by atoms with Gasteiger partial charge in [0.15, 0.2) is 0 Å². The van der Waals surface area contributed by atoms with Gasteiger partial charge >= 0.3 is 6.09 Å². The van der Waals surface area contributed by atoms with E-state index < -0.39 is 34.1 Å². The van der Waals surface area contributed by atoms with Gasteiger partial charge in [0.1, 0.15) is 6.61 Å². The third-order valence-electron chi connectivity index (χ3n) is 5.29. The van der Waals surface area contributed by atoms with Gasteiger partial charge in [-0.2, -0.15) is 4.31 Å². The second-order valence-corrected chi connectivity index (χ2v) is 9.51. The Morgan fingerprint density at radius 3 is 2.45 bits per heavy atom. The SMILES string of the molecule is C=CC(=O)NC1CC(CO)N(S(=O)(=O)c2ccc(CNC(=O)OCc3ccccc3)cc2)C1. The van der Waals surface area contributed by atoms with Gasteiger partial charge < -0.3 is 20.5 Å². The van der Waals surface area contributed by atoms with E-state index in [1.54, 1.807) is 12.1 Å². The van der Waals surface area contributed by atoms with Crippen molar-refractivity contribution in [2.75, 3.05) is 13.2 Å². The van der Waals surface area contributed by atoms with Crippen molar-refractivity contribution in [3.05, 3.63) is 78.4 Å². The zero-order valence-corrected chi connectivity index (χ0v) is 18.8. The maximum Gasteiger partial charge on any atom is 0.407 e. The van der Waals surface area contributed by atoms with Gasteiger partial charge in [0.05, 0.1) is 17.5 Å². The van der Waals surface area contributed by atoms with Crippen LogP contribution in [0.15, 0.2) is 72.1 Å². The quantitative estimate of drug-likeness (QED) is 0.475. The van der Waals surface area contributed by atoms with E-state index in [-0.39, 0.29) is 31.2 Å². The summed E-state index contributed by atoms with van der Waals surface area (Å²) in [5.41, 5.74) is 1.57. The van der Waals surface area contributed by atoms with Crippen LogP contribution in [-0.4, -0.2) is 55.1 Å². The first-order valence-corrected chi connectivity index (χ1v) is 11.9. The van der Waals surface area contributed by atoms with E-state index in [1.807, 2.05) is 30.3 Å². The Kier molecular flexibility index (Phi) is 8.21. The van der Waals surface area contributed by atoms with Crippen LogP contribution in [0.3, 0.4) is 0 Å². The molecule has 1 fully saturated rings. The molecule has 0 aromatic heterocycles. The predicted molar refractivity (Wildman–Crippen MR) is 121 cm³/mol. The zero-order chi connectivity index (χ0) is 23.8. The van der Waals surface area contributed by atoms with Crippen molar-refractivity contribution in [1.29, 1.82) is 0 Å². The molecule has 0 aliphatic carbocycles. The monoisotopic (exact) mass is 473 g/mol. The van der Waals surface area contributed by atoms with Crippen LogP contribution in [0.2, 0.25) is 0 Å². The molecule has 1 saturated heterocycles. The molecule has 1 heterocycles. The van der Waals surface area contributed by atoms with Crippen molar-refractivity contribution >= 4 is 22.0 Å². The van der Waals surface area contributed by atoms with Crippen LogP contribution in [0.1, 0.15) is 17.5 Å². The summed E-state index contributed by atoms with van der Waals surface area (Å²) in [6.45, 7) is 3.42. The molecule has 2 aromatic carbocycles. The van der Waals surface area contributed by atoms with E-state index >= 15 is 0 Å². The number of alkyl carbamates (subject to hydrolysis) is 1. The molecule has 9 nitrogen and oxygen atoms in total. The Morgan fingerprint density at radius 2 is 1.82 bits per heavy atom. The molecule has 3 rings (SSSR count). The van der Waals surface area contributed by atoms with E-state index in [9.17, 15) is 23.1 Å². The van der Waals surface area contributed by atoms with Crippen molar-refractivity contribution in [3.63, 3.8) is 0 Å². The lowest BCUT2D eigenvalue weighted by Gasteiger charge is -2.22. The molecular formula is C23H27N3O6S. The zero-order valence-electron chi connectivity index (χ0n) is 18.0. The molecule has 0 spiro atoms. The van der Waals surface area contributed by atoms with E-state index in [0.717, 1.165) is 11.6 Å². The summed E-state index contributed by atoms with van der Waals surface area (Å²) >= 11 is 0. The van der Waals surface area contributed by atoms with Crippen LogP contribution in [0.4, 0.5) is 4.79 Å². The number of sulfonamides is 1. The Bertz CT molecular complexity index is 1070. The fraction of sp³-hybridized carbons (Fsp3) is 0.304. The van der Waals surface area contributed by atoms with Crippen molar-refractivity contribution in [1.82, 2.24) is 14.9 Å². The van der Waals surface area contributed by atoms with Crippen molar-refractivity contribution in [3.8, 4) is 0 Å². The molecule has 2 amide bonds. The van der Waals surface area contributed by atoms with E-state index in [4.69, 9.17) is 4.74 Å². The summed E-state index contributed by atoms with van der Waals surface area (Å²) in [7, 11) is -3.88. The van der Waals surface area contributed by atoms with Crippen LogP contribution in [0.25, 0.3) is 0 Å². The number of ether oxygens (including phenoxy) is 1. The first kappa shape index (κ1) is 24.4. The second kappa shape index (κ2) is 11.1. The summed E-state index contributed by atoms with van der Waals surface area (Å²) in [6, 6.07) is 14.4. The number of benzene rings is 2. The lowest BCUT2D eigenvalue weighted by molar-refractivity contribution is -0.117. The highest BCUT2D eigenvalue weighted by Gasteiger charge is 2.40. The number of hydrogen-bond acceptors (Lipinski definition) is 6. The summed E-state index contributed by atoms with van der Waals surface area (Å²) in [6.07, 6.45) is 0.851. The largest absolute Gasteiger partial charge is 0.445 e. The van der Waals surface area contributed by atoms with Gasteiger partial charge in [-0.05, 0) is 35.8 Å². The Morgan fingerprint density at radius 1 is 1.12 bits per heavy atom. The first-order valence-electron chi connectivity index (χ1n) is 10.4. The van der Waals surface area contributed by atoms with Crippen LogP contribution in [-0.2, 0) is 32.7 Å². The number of aliphatic hydroxyl groups is 1. The van der Waals surface area contributed by atoms with Crippen molar-refractivity contribution in [2.24, 2.45) is 0 Å². The number of nitrogens with one attached hydrogen (secondary N) is 2. The number of amides is 2. The number of carbonyl (C=O) groups is 2. The van der Waals surface area contributed by atoms with E-state index in [0.29, 0.717) is 12.0 Å². The summed E-state index contributed by atoms with van der Waals surface area (Å²) in [5.74, 6) is -0.393. The Hall–Kier alpha value is -3.21. The molecule has 0 radical (unpaired) electrons. The highest BCUT2D eigenvalue weighted by atomic mass is 32.2. The van der Waals surface area contributed by atoms with Gasteiger partial charge in [0.2, 0.25) is 15.9 Å². The highest BCUT2D eigenvalue weighted by Crippen LogP contribution is 2.26. The van der Waals surface area contributed by atoms with Crippen LogP contribution >= 0.6 is 0 Å². The normalized spacial score (nSPS) is 18.5. The average Bonchev–Trinajstić information content (AvgIpc) is 3.26. The third kappa shape index (κ3) is 6.41. The fourth-order valence-corrected chi connectivity index (χ4v) is 5.25. The molecule has 1 aliphatic heterocycles. The minimum atomic E-state index is -3.88. The Labute approximate surface area is 193 Å². The Balaban J connectivity index is 1.57. The highest BCUT2D eigenvalue weighted by molar-refractivity contribution is 7.89. The number of aliphatic hydroxyl groups excluding tert-OH is 1. The van der Waals surface area contributed by atoms with Crippen LogP contribution in [0.5, 0.6) is 0 Å². The molecule has 0 bridgehead atoms. The molecule has 0 saturated carbocycles. The topological polar surface area (TPSA) is 125 Å². The van der Waals surface area contributed by atoms with E-state index in [2.05, 4.69) is 17.2 Å². The maximum atomic E-state index is 13.1. The second-order valence-electron chi connectivity index (χ2n) is 7.62. The summed E-state index contributed by atoms with van der Waals surface area (Å²) in [5, 5.41) is 15.0. The molecule has 10 heteroatoms. The molecule has 176 valence electrons. The first-order chi connectivity index (χ1) is 15.8. The molecule has 33 heavy (non-hydrogen) atoms. The lowest BCUT2D eigenvalue weighted by atomic mass is 10.2. The predicted octanol–water partition coefficient (Wildman–Crippen LogP) is 1.54. The van der Waals surface area contributed by atoms with Crippen LogP contribution in [0, 0.1) is 0 Å². The summed E-state index contributed by atoms with van der Waals surface area (Å²) < 4.78 is 32.5. The maximum absolute atomic E-state index is 13.1. The molecule has 2 atom stereocenters. The van der Waals surface area contributed by atoms with Crippen molar-refractivity contribution in [2.45, 2.75) is 36.6 Å². The number of rotatable bonds is 9. The van der Waals surface area contributed by atoms with E-state index in [1.165, 1.54) is 16.4 Å². The van der Waals surface area contributed by atoms with Gasteiger partial charge in [-0.1, -0.05) is 49.0 Å².